The molecule has 1 aliphatic rings. The van der Waals surface area contributed by atoms with Crippen molar-refractivity contribution in [3.63, 3.8) is 0 Å². The molecule has 0 spiro atoms. The van der Waals surface area contributed by atoms with E-state index in [9.17, 15) is 0 Å². The molecular weight excluding hydrogens is 370 g/mol. The van der Waals surface area contributed by atoms with Crippen molar-refractivity contribution in [3.05, 3.63) is 59.3 Å². The molecule has 0 aliphatic carbocycles. The first kappa shape index (κ1) is 18.6. The number of nitrogens with one attached hydrogen (secondary N) is 1. The summed E-state index contributed by atoms with van der Waals surface area (Å²) in [6, 6.07) is 12.5. The zero-order valence-corrected chi connectivity index (χ0v) is 17.1. The van der Waals surface area contributed by atoms with E-state index in [-0.39, 0.29) is 0 Å². The number of hydrogen-bond donors (Lipinski definition) is 1. The fourth-order valence-corrected chi connectivity index (χ4v) is 4.09. The van der Waals surface area contributed by atoms with Crippen LogP contribution < -0.4 is 10.2 Å². The van der Waals surface area contributed by atoms with Crippen molar-refractivity contribution in [3.8, 4) is 11.5 Å². The second-order valence-electron chi connectivity index (χ2n) is 6.84. The lowest BCUT2D eigenvalue weighted by molar-refractivity contribution is 0.373. The van der Waals surface area contributed by atoms with E-state index < -0.39 is 0 Å². The highest BCUT2D eigenvalue weighted by Gasteiger charge is 2.20. The van der Waals surface area contributed by atoms with Gasteiger partial charge in [-0.1, -0.05) is 17.7 Å². The molecule has 1 saturated heterocycles. The summed E-state index contributed by atoms with van der Waals surface area (Å²) in [7, 11) is 1.83. The van der Waals surface area contributed by atoms with Gasteiger partial charge in [-0.25, -0.2) is 4.98 Å². The average molecular weight is 396 g/mol. The van der Waals surface area contributed by atoms with Crippen molar-refractivity contribution in [2.45, 2.75) is 13.5 Å². The molecule has 146 valence electrons. The fourth-order valence-electron chi connectivity index (χ4n) is 3.31. The molecule has 1 N–H and O–H groups in total. The summed E-state index contributed by atoms with van der Waals surface area (Å²) in [4.78, 5) is 13.8. The molecule has 4 rings (SSSR count). The van der Waals surface area contributed by atoms with Crippen LogP contribution in [0.5, 0.6) is 0 Å². The number of anilines is 1. The number of benzene rings is 1. The van der Waals surface area contributed by atoms with Crippen LogP contribution in [0.4, 0.5) is 5.00 Å². The maximum Gasteiger partial charge on any atom is 0.226 e. The van der Waals surface area contributed by atoms with Crippen LogP contribution in [0.1, 0.15) is 11.3 Å². The Morgan fingerprint density at radius 2 is 1.96 bits per heavy atom. The predicted octanol–water partition coefficient (Wildman–Crippen LogP) is 3.61. The van der Waals surface area contributed by atoms with Gasteiger partial charge in [0.1, 0.15) is 6.26 Å². The molecule has 3 aromatic rings. The van der Waals surface area contributed by atoms with Crippen molar-refractivity contribution in [1.29, 1.82) is 0 Å². The predicted molar refractivity (Wildman–Crippen MR) is 115 cm³/mol. The van der Waals surface area contributed by atoms with Crippen molar-refractivity contribution in [2.75, 3.05) is 38.1 Å². The Bertz CT molecular complexity index is 909. The maximum absolute atomic E-state index is 5.65. The molecule has 1 fully saturated rings. The number of nitrogens with zero attached hydrogens (tertiary/aromatic N) is 4. The van der Waals surface area contributed by atoms with Gasteiger partial charge in [-0.3, -0.25) is 4.99 Å². The number of aliphatic imine (C=N–C) groups is 1. The number of thiophene rings is 1. The topological polar surface area (TPSA) is 56.9 Å². The van der Waals surface area contributed by atoms with Crippen molar-refractivity contribution >= 4 is 22.3 Å². The zero-order chi connectivity index (χ0) is 19.3. The smallest absolute Gasteiger partial charge is 0.226 e. The molecule has 0 amide bonds. The van der Waals surface area contributed by atoms with Crippen molar-refractivity contribution in [2.24, 2.45) is 4.99 Å². The summed E-state index contributed by atoms with van der Waals surface area (Å²) < 4.78 is 5.65. The van der Waals surface area contributed by atoms with Crippen LogP contribution in [0.3, 0.4) is 0 Å². The van der Waals surface area contributed by atoms with E-state index in [1.165, 1.54) is 10.6 Å². The summed E-state index contributed by atoms with van der Waals surface area (Å²) in [5.74, 6) is 1.56. The third-order valence-electron chi connectivity index (χ3n) is 4.89. The third kappa shape index (κ3) is 4.20. The lowest BCUT2D eigenvalue weighted by Gasteiger charge is -2.36. The number of guanidine groups is 1. The Balaban J connectivity index is 1.32. The van der Waals surface area contributed by atoms with Crippen LogP contribution in [-0.4, -0.2) is 49.1 Å². The van der Waals surface area contributed by atoms with Crippen LogP contribution >= 0.6 is 11.3 Å². The lowest BCUT2D eigenvalue weighted by Crippen LogP contribution is -2.52. The Kier molecular flexibility index (Phi) is 5.62. The van der Waals surface area contributed by atoms with E-state index in [1.807, 2.05) is 19.2 Å². The molecule has 0 unspecified atom stereocenters. The summed E-state index contributed by atoms with van der Waals surface area (Å²) in [6.07, 6.45) is 1.71. The molecule has 28 heavy (non-hydrogen) atoms. The summed E-state index contributed by atoms with van der Waals surface area (Å²) in [5.41, 5.74) is 3.08. The zero-order valence-electron chi connectivity index (χ0n) is 16.3. The maximum atomic E-state index is 5.65. The highest BCUT2D eigenvalue weighted by atomic mass is 32.1. The van der Waals surface area contributed by atoms with Gasteiger partial charge in [0.05, 0.1) is 17.2 Å². The van der Waals surface area contributed by atoms with E-state index in [4.69, 9.17) is 4.42 Å². The Hall–Kier alpha value is -2.80. The van der Waals surface area contributed by atoms with Crippen molar-refractivity contribution < 1.29 is 4.42 Å². The monoisotopic (exact) mass is 395 g/mol. The normalized spacial score (nSPS) is 15.1. The highest BCUT2D eigenvalue weighted by molar-refractivity contribution is 7.14. The van der Waals surface area contributed by atoms with Crippen LogP contribution in [0.2, 0.25) is 0 Å². The first-order valence-electron chi connectivity index (χ1n) is 9.48. The van der Waals surface area contributed by atoms with Gasteiger partial charge in [-0.2, -0.15) is 0 Å². The Morgan fingerprint density at radius 1 is 1.18 bits per heavy atom. The summed E-state index contributed by atoms with van der Waals surface area (Å²) >= 11 is 1.80. The molecular formula is C21H25N5OS. The average Bonchev–Trinajstić information content (AvgIpc) is 3.42. The molecule has 1 aromatic carbocycles. The van der Waals surface area contributed by atoms with E-state index in [0.717, 1.165) is 43.4 Å². The largest absolute Gasteiger partial charge is 0.444 e. The molecule has 2 aromatic heterocycles. The van der Waals surface area contributed by atoms with Crippen LogP contribution in [-0.2, 0) is 6.54 Å². The highest BCUT2D eigenvalue weighted by Crippen LogP contribution is 2.22. The minimum atomic E-state index is 0.590. The van der Waals surface area contributed by atoms with Crippen LogP contribution in [0, 0.1) is 6.92 Å². The van der Waals surface area contributed by atoms with Gasteiger partial charge in [-0.15, -0.1) is 11.3 Å². The molecule has 0 saturated carbocycles. The second kappa shape index (κ2) is 8.48. The van der Waals surface area contributed by atoms with E-state index >= 15 is 0 Å². The van der Waals surface area contributed by atoms with E-state index in [0.29, 0.717) is 12.4 Å². The van der Waals surface area contributed by atoms with Gasteiger partial charge in [0.2, 0.25) is 5.89 Å². The molecule has 0 radical (unpaired) electrons. The molecule has 6 nitrogen and oxygen atoms in total. The minimum absolute atomic E-state index is 0.590. The number of hydrogen-bond acceptors (Lipinski definition) is 5. The van der Waals surface area contributed by atoms with Crippen LogP contribution in [0.15, 0.2) is 57.5 Å². The molecule has 0 bridgehead atoms. The molecule has 0 atom stereocenters. The van der Waals surface area contributed by atoms with Gasteiger partial charge < -0.3 is 19.5 Å². The van der Waals surface area contributed by atoms with Gasteiger partial charge in [0, 0.05) is 38.8 Å². The number of oxazole rings is 1. The minimum Gasteiger partial charge on any atom is -0.444 e. The van der Waals surface area contributed by atoms with Gasteiger partial charge in [-0.05, 0) is 36.6 Å². The molecule has 1 aliphatic heterocycles. The second-order valence-corrected chi connectivity index (χ2v) is 7.76. The number of rotatable bonds is 4. The van der Waals surface area contributed by atoms with Crippen molar-refractivity contribution in [1.82, 2.24) is 15.2 Å². The van der Waals surface area contributed by atoms with Crippen LogP contribution in [0.25, 0.3) is 11.5 Å². The number of aryl methyl sites for hydroxylation is 1. The van der Waals surface area contributed by atoms with Gasteiger partial charge in [0.15, 0.2) is 5.96 Å². The van der Waals surface area contributed by atoms with E-state index in [2.05, 4.69) is 61.7 Å². The summed E-state index contributed by atoms with van der Waals surface area (Å²) in [5, 5.41) is 6.89. The first-order chi connectivity index (χ1) is 13.7. The fraction of sp³-hybridized carbons (Fsp3) is 0.333. The lowest BCUT2D eigenvalue weighted by atomic mass is 10.1. The first-order valence-corrected chi connectivity index (χ1v) is 10.4. The number of aromatic nitrogens is 1. The quantitative estimate of drug-likeness (QED) is 0.540. The Morgan fingerprint density at radius 3 is 2.64 bits per heavy atom. The molecule has 3 heterocycles. The number of piperazine rings is 1. The van der Waals surface area contributed by atoms with E-state index in [1.54, 1.807) is 17.6 Å². The van der Waals surface area contributed by atoms with Gasteiger partial charge in [0.25, 0.3) is 0 Å². The standard InChI is InChI=1S/C21H25N5OS/c1-16-5-7-17(8-6-16)20-24-18(15-27-20)14-23-21(22-2)26-11-9-25(10-12-26)19-4-3-13-28-19/h3-8,13,15H,9-12,14H2,1-2H3,(H,22,23). The third-order valence-corrected chi connectivity index (χ3v) is 5.82. The summed E-state index contributed by atoms with van der Waals surface area (Å²) in [6.45, 7) is 6.56. The SMILES string of the molecule is CN=C(NCc1coc(-c2ccc(C)cc2)n1)N1CCN(c2cccs2)CC1. The molecule has 7 heteroatoms. The Labute approximate surface area is 169 Å². The van der Waals surface area contributed by atoms with Gasteiger partial charge >= 0.3 is 0 Å².